The van der Waals surface area contributed by atoms with Crippen molar-refractivity contribution in [2.24, 2.45) is 0 Å². The Hall–Kier alpha value is -2.01. The first-order valence-corrected chi connectivity index (χ1v) is 6.53. The molecule has 1 aromatic heterocycles. The van der Waals surface area contributed by atoms with Gasteiger partial charge >= 0.3 is 5.97 Å². The second-order valence-electron chi connectivity index (χ2n) is 3.57. The molecule has 0 aliphatic rings. The Morgan fingerprint density at radius 2 is 1.94 bits per heavy atom. The zero-order valence-electron chi connectivity index (χ0n) is 9.75. The van der Waals surface area contributed by atoms with Crippen LogP contribution < -0.4 is 5.32 Å². The van der Waals surface area contributed by atoms with Gasteiger partial charge in [0.25, 0.3) is 0 Å². The van der Waals surface area contributed by atoms with E-state index in [2.05, 4.69) is 10.3 Å². The highest BCUT2D eigenvalue weighted by Crippen LogP contribution is 2.20. The van der Waals surface area contributed by atoms with Crippen LogP contribution in [0.4, 0.5) is 11.5 Å². The van der Waals surface area contributed by atoms with Crippen molar-refractivity contribution in [3.05, 3.63) is 48.2 Å². The van der Waals surface area contributed by atoms with E-state index in [1.165, 1.54) is 11.0 Å². The third kappa shape index (κ3) is 3.01. The van der Waals surface area contributed by atoms with Crippen molar-refractivity contribution < 1.29 is 9.90 Å². The standard InChI is InChI=1S/C13H12N2O2S/c1-18-10-7-5-9(6-8-10)14-12-4-2-3-11(15-12)13(16)17/h2-8H,1H3,(H,14,15)(H,16,17). The van der Waals surface area contributed by atoms with Crippen LogP contribution in [0.1, 0.15) is 10.5 Å². The average Bonchev–Trinajstić information content (AvgIpc) is 2.40. The zero-order valence-corrected chi connectivity index (χ0v) is 10.6. The van der Waals surface area contributed by atoms with E-state index >= 15 is 0 Å². The summed E-state index contributed by atoms with van der Waals surface area (Å²) in [5.41, 5.74) is 0.906. The van der Waals surface area contributed by atoms with E-state index < -0.39 is 5.97 Å². The zero-order chi connectivity index (χ0) is 13.0. The van der Waals surface area contributed by atoms with Crippen LogP contribution in [-0.2, 0) is 0 Å². The van der Waals surface area contributed by atoms with Gasteiger partial charge in [-0.3, -0.25) is 0 Å². The number of rotatable bonds is 4. The first-order valence-electron chi connectivity index (χ1n) is 5.30. The Morgan fingerprint density at radius 3 is 2.56 bits per heavy atom. The lowest BCUT2D eigenvalue weighted by Crippen LogP contribution is -2.02. The fourth-order valence-electron chi connectivity index (χ4n) is 1.45. The van der Waals surface area contributed by atoms with Crippen molar-refractivity contribution in [2.45, 2.75) is 4.90 Å². The van der Waals surface area contributed by atoms with Gasteiger partial charge in [-0.25, -0.2) is 9.78 Å². The molecule has 0 atom stereocenters. The fraction of sp³-hybridized carbons (Fsp3) is 0.0769. The summed E-state index contributed by atoms with van der Waals surface area (Å²) >= 11 is 1.67. The van der Waals surface area contributed by atoms with Crippen molar-refractivity contribution in [3.63, 3.8) is 0 Å². The first-order chi connectivity index (χ1) is 8.69. The van der Waals surface area contributed by atoms with Crippen molar-refractivity contribution in [2.75, 3.05) is 11.6 Å². The summed E-state index contributed by atoms with van der Waals surface area (Å²) in [6.45, 7) is 0. The van der Waals surface area contributed by atoms with Gasteiger partial charge in [-0.2, -0.15) is 0 Å². The summed E-state index contributed by atoms with van der Waals surface area (Å²) in [7, 11) is 0. The SMILES string of the molecule is CSc1ccc(Nc2cccc(C(=O)O)n2)cc1. The number of anilines is 2. The largest absolute Gasteiger partial charge is 0.477 e. The Kier molecular flexibility index (Phi) is 3.84. The molecule has 1 aromatic carbocycles. The minimum atomic E-state index is -1.03. The molecule has 0 amide bonds. The number of pyridine rings is 1. The number of aromatic carboxylic acids is 1. The predicted molar refractivity (Wildman–Crippen MR) is 72.7 cm³/mol. The average molecular weight is 260 g/mol. The molecule has 4 nitrogen and oxygen atoms in total. The summed E-state index contributed by atoms with van der Waals surface area (Å²) in [4.78, 5) is 16.0. The Morgan fingerprint density at radius 1 is 1.22 bits per heavy atom. The highest BCUT2D eigenvalue weighted by molar-refractivity contribution is 7.98. The molecule has 0 radical (unpaired) electrons. The van der Waals surface area contributed by atoms with E-state index in [4.69, 9.17) is 5.11 Å². The monoisotopic (exact) mass is 260 g/mol. The number of benzene rings is 1. The van der Waals surface area contributed by atoms with E-state index in [0.29, 0.717) is 5.82 Å². The molecule has 2 rings (SSSR count). The highest BCUT2D eigenvalue weighted by Gasteiger charge is 2.04. The van der Waals surface area contributed by atoms with E-state index in [1.807, 2.05) is 30.5 Å². The summed E-state index contributed by atoms with van der Waals surface area (Å²) in [5.74, 6) is -0.511. The number of thioether (sulfide) groups is 1. The molecule has 0 spiro atoms. The second kappa shape index (κ2) is 5.55. The van der Waals surface area contributed by atoms with Crippen molar-refractivity contribution in [3.8, 4) is 0 Å². The minimum absolute atomic E-state index is 0.0285. The van der Waals surface area contributed by atoms with Crippen molar-refractivity contribution >= 4 is 29.2 Å². The van der Waals surface area contributed by atoms with Crippen molar-refractivity contribution in [1.29, 1.82) is 0 Å². The number of carbonyl (C=O) groups is 1. The predicted octanol–water partition coefficient (Wildman–Crippen LogP) is 3.25. The van der Waals surface area contributed by atoms with E-state index in [0.717, 1.165) is 5.69 Å². The van der Waals surface area contributed by atoms with E-state index in [-0.39, 0.29) is 5.69 Å². The van der Waals surface area contributed by atoms with Crippen LogP contribution in [0.3, 0.4) is 0 Å². The molecular formula is C13H12N2O2S. The van der Waals surface area contributed by atoms with Crippen LogP contribution in [0.15, 0.2) is 47.4 Å². The van der Waals surface area contributed by atoms with Crippen LogP contribution in [-0.4, -0.2) is 22.3 Å². The van der Waals surface area contributed by atoms with Crippen LogP contribution >= 0.6 is 11.8 Å². The summed E-state index contributed by atoms with van der Waals surface area (Å²) in [6.07, 6.45) is 2.01. The van der Waals surface area contributed by atoms with Gasteiger partial charge in [-0.15, -0.1) is 11.8 Å². The van der Waals surface area contributed by atoms with Crippen LogP contribution in [0, 0.1) is 0 Å². The number of aromatic nitrogens is 1. The number of hydrogen-bond acceptors (Lipinski definition) is 4. The van der Waals surface area contributed by atoms with Gasteiger partial charge in [0.1, 0.15) is 5.82 Å². The molecule has 0 saturated heterocycles. The Bertz CT molecular complexity index is 555. The molecular weight excluding hydrogens is 248 g/mol. The topological polar surface area (TPSA) is 62.2 Å². The number of nitrogens with one attached hydrogen (secondary N) is 1. The smallest absolute Gasteiger partial charge is 0.354 e. The Labute approximate surface area is 109 Å². The van der Waals surface area contributed by atoms with Gasteiger partial charge < -0.3 is 10.4 Å². The normalized spacial score (nSPS) is 10.1. The third-order valence-corrected chi connectivity index (χ3v) is 3.07. The molecule has 5 heteroatoms. The molecule has 18 heavy (non-hydrogen) atoms. The van der Waals surface area contributed by atoms with E-state index in [1.54, 1.807) is 23.9 Å². The molecule has 2 aromatic rings. The minimum Gasteiger partial charge on any atom is -0.477 e. The van der Waals surface area contributed by atoms with E-state index in [9.17, 15) is 4.79 Å². The molecule has 0 fully saturated rings. The lowest BCUT2D eigenvalue weighted by Gasteiger charge is -2.06. The molecule has 0 aliphatic heterocycles. The number of carboxylic acid groups (broad SMARTS) is 1. The second-order valence-corrected chi connectivity index (χ2v) is 4.45. The van der Waals surface area contributed by atoms with Crippen LogP contribution in [0.2, 0.25) is 0 Å². The molecule has 0 aliphatic carbocycles. The van der Waals surface area contributed by atoms with Gasteiger partial charge in [0, 0.05) is 10.6 Å². The Balaban J connectivity index is 2.17. The van der Waals surface area contributed by atoms with Crippen LogP contribution in [0.25, 0.3) is 0 Å². The number of hydrogen-bond donors (Lipinski definition) is 2. The highest BCUT2D eigenvalue weighted by atomic mass is 32.2. The lowest BCUT2D eigenvalue weighted by atomic mass is 10.3. The van der Waals surface area contributed by atoms with Gasteiger partial charge in [0.05, 0.1) is 0 Å². The fourth-order valence-corrected chi connectivity index (χ4v) is 1.85. The molecule has 1 heterocycles. The van der Waals surface area contributed by atoms with Crippen molar-refractivity contribution in [1.82, 2.24) is 4.98 Å². The third-order valence-electron chi connectivity index (χ3n) is 2.33. The molecule has 0 unspecified atom stereocenters. The van der Waals surface area contributed by atoms with Crippen LogP contribution in [0.5, 0.6) is 0 Å². The first kappa shape index (κ1) is 12.4. The maximum Gasteiger partial charge on any atom is 0.354 e. The maximum absolute atomic E-state index is 10.8. The molecule has 0 bridgehead atoms. The van der Waals surface area contributed by atoms with Gasteiger partial charge in [0.15, 0.2) is 5.69 Å². The van der Waals surface area contributed by atoms with Gasteiger partial charge in [-0.1, -0.05) is 6.07 Å². The van der Waals surface area contributed by atoms with Gasteiger partial charge in [-0.05, 0) is 42.7 Å². The summed E-state index contributed by atoms with van der Waals surface area (Å²) in [6, 6.07) is 12.7. The quantitative estimate of drug-likeness (QED) is 0.826. The summed E-state index contributed by atoms with van der Waals surface area (Å²) in [5, 5.41) is 11.9. The molecule has 2 N–H and O–H groups in total. The lowest BCUT2D eigenvalue weighted by molar-refractivity contribution is 0.0690. The number of carboxylic acids is 1. The maximum atomic E-state index is 10.8. The number of nitrogens with zero attached hydrogens (tertiary/aromatic N) is 1. The molecule has 0 saturated carbocycles. The molecule has 92 valence electrons. The summed E-state index contributed by atoms with van der Waals surface area (Å²) < 4.78 is 0. The van der Waals surface area contributed by atoms with Gasteiger partial charge in [0.2, 0.25) is 0 Å².